The Labute approximate surface area is 248 Å². The predicted molar refractivity (Wildman–Crippen MR) is 150 cm³/mol. The summed E-state index contributed by atoms with van der Waals surface area (Å²) in [7, 11) is 0. The minimum Gasteiger partial charge on any atom is -0.481 e. The second-order valence-corrected chi connectivity index (χ2v) is 13.0. The molecule has 3 nitrogen and oxygen atoms in total. The van der Waals surface area contributed by atoms with Gasteiger partial charge < -0.3 is 5.11 Å². The van der Waals surface area contributed by atoms with E-state index in [4.69, 9.17) is 39.8 Å². The topological polar surface area (TPSA) is 49.7 Å². The maximum absolute atomic E-state index is 16.1. The van der Waals surface area contributed by atoms with Crippen LogP contribution in [0.5, 0.6) is 0 Å². The van der Waals surface area contributed by atoms with E-state index >= 15 is 13.2 Å². The molecule has 0 bridgehead atoms. The maximum atomic E-state index is 16.1. The van der Waals surface area contributed by atoms with Gasteiger partial charge >= 0.3 is 12.1 Å². The molecule has 5 atom stereocenters. The van der Waals surface area contributed by atoms with Gasteiger partial charge in [-0.25, -0.2) is 4.39 Å². The van der Waals surface area contributed by atoms with Crippen molar-refractivity contribution in [3.05, 3.63) is 66.8 Å². The molecule has 11 heteroatoms. The highest BCUT2D eigenvalue weighted by Gasteiger charge is 2.79. The zero-order chi connectivity index (χ0) is 29.1. The summed E-state index contributed by atoms with van der Waals surface area (Å²) in [6, 6.07) is 5.75. The molecule has 0 radical (unpaired) electrons. The standard InChI is InChI=1S/C28H27BrCl3F4NO2/c1-13(2)27(16-6-4-5-14(3)9-16)26(28(34,35)36,17-11-19(30)23(32)20(31)12-17)22(25(38)39)24(37-27)15-7-8-21(33)18(29)10-15/h7-8,10-14,16,22H,4-6,9H2,1-3H3,(H,38,39)/t14?,16?,22-,26-,27+/m1/s1. The van der Waals surface area contributed by atoms with E-state index in [2.05, 4.69) is 15.9 Å². The highest BCUT2D eigenvalue weighted by atomic mass is 79.9. The van der Waals surface area contributed by atoms with E-state index in [0.29, 0.717) is 19.3 Å². The van der Waals surface area contributed by atoms with Crippen molar-refractivity contribution in [3.8, 4) is 0 Å². The van der Waals surface area contributed by atoms with Crippen LogP contribution < -0.4 is 0 Å². The van der Waals surface area contributed by atoms with Crippen LogP contribution in [0.4, 0.5) is 17.6 Å². The largest absolute Gasteiger partial charge is 0.481 e. The van der Waals surface area contributed by atoms with Crippen LogP contribution in [0.2, 0.25) is 15.1 Å². The molecule has 1 N–H and O–H groups in total. The quantitative estimate of drug-likeness (QED) is 0.254. The normalized spacial score (nSPS) is 29.5. The number of hydrogen-bond acceptors (Lipinski definition) is 2. The number of alkyl halides is 3. The second kappa shape index (κ2) is 10.8. The number of carboxylic acid groups (broad SMARTS) is 1. The van der Waals surface area contributed by atoms with Crippen molar-refractivity contribution in [2.45, 2.75) is 63.6 Å². The van der Waals surface area contributed by atoms with Gasteiger partial charge in [-0.2, -0.15) is 13.2 Å². The molecule has 0 spiro atoms. The van der Waals surface area contributed by atoms with Gasteiger partial charge in [0.05, 0.1) is 30.8 Å². The first kappa shape index (κ1) is 30.6. The van der Waals surface area contributed by atoms with Gasteiger partial charge in [0.15, 0.2) is 0 Å². The number of halogens is 8. The van der Waals surface area contributed by atoms with E-state index in [-0.39, 0.29) is 36.7 Å². The van der Waals surface area contributed by atoms with Gasteiger partial charge in [0.2, 0.25) is 0 Å². The zero-order valence-electron chi connectivity index (χ0n) is 21.4. The van der Waals surface area contributed by atoms with Crippen molar-refractivity contribution in [3.63, 3.8) is 0 Å². The van der Waals surface area contributed by atoms with Crippen LogP contribution in [0.1, 0.15) is 57.6 Å². The fourth-order valence-electron chi connectivity index (χ4n) is 7.02. The molecule has 0 amide bonds. The van der Waals surface area contributed by atoms with Crippen molar-refractivity contribution >= 4 is 62.4 Å². The Hall–Kier alpha value is -1.35. The summed E-state index contributed by atoms with van der Waals surface area (Å²) in [5, 5.41) is 10.1. The molecular weight excluding hydrogens is 645 g/mol. The summed E-state index contributed by atoms with van der Waals surface area (Å²) in [6.07, 6.45) is -2.72. The molecular formula is C28H27BrCl3F4NO2. The second-order valence-electron chi connectivity index (χ2n) is 10.9. The van der Waals surface area contributed by atoms with Crippen LogP contribution in [-0.2, 0) is 10.2 Å². The van der Waals surface area contributed by atoms with Gasteiger partial charge in [-0.3, -0.25) is 9.79 Å². The van der Waals surface area contributed by atoms with Crippen molar-refractivity contribution in [2.24, 2.45) is 28.7 Å². The van der Waals surface area contributed by atoms with Gasteiger partial charge in [-0.05, 0) is 81.9 Å². The fraction of sp³-hybridized carbons (Fsp3) is 0.500. The van der Waals surface area contributed by atoms with Crippen LogP contribution in [0, 0.1) is 29.5 Å². The number of hydrogen-bond donors (Lipinski definition) is 1. The highest BCUT2D eigenvalue weighted by Crippen LogP contribution is 2.66. The minimum atomic E-state index is -5.12. The molecule has 2 aromatic carbocycles. The average Bonchev–Trinajstić information content (AvgIpc) is 3.18. The monoisotopic (exact) mass is 669 g/mol. The van der Waals surface area contributed by atoms with Crippen molar-refractivity contribution < 1.29 is 27.5 Å². The third-order valence-corrected chi connectivity index (χ3v) is 10.2. The van der Waals surface area contributed by atoms with Crippen LogP contribution in [-0.4, -0.2) is 28.5 Å². The van der Waals surface area contributed by atoms with E-state index in [1.807, 2.05) is 6.92 Å². The van der Waals surface area contributed by atoms with Gasteiger partial charge in [0, 0.05) is 0 Å². The molecule has 212 valence electrons. The molecule has 2 aliphatic rings. The molecule has 1 aliphatic heterocycles. The summed E-state index contributed by atoms with van der Waals surface area (Å²) in [5.41, 5.74) is -5.60. The molecule has 1 aliphatic carbocycles. The fourth-order valence-corrected chi connectivity index (χ4v) is 7.99. The minimum absolute atomic E-state index is 0.0182. The Morgan fingerprint density at radius 3 is 2.23 bits per heavy atom. The molecule has 1 heterocycles. The summed E-state index contributed by atoms with van der Waals surface area (Å²) in [5.74, 6) is -5.78. The summed E-state index contributed by atoms with van der Waals surface area (Å²) < 4.78 is 62.4. The highest BCUT2D eigenvalue weighted by molar-refractivity contribution is 9.10. The van der Waals surface area contributed by atoms with E-state index in [0.717, 1.165) is 24.6 Å². The van der Waals surface area contributed by atoms with E-state index in [1.165, 1.54) is 12.1 Å². The molecule has 1 saturated carbocycles. The zero-order valence-corrected chi connectivity index (χ0v) is 25.2. The first-order valence-electron chi connectivity index (χ1n) is 12.6. The van der Waals surface area contributed by atoms with Crippen molar-refractivity contribution in [2.75, 3.05) is 0 Å². The Bertz CT molecular complexity index is 1310. The Kier molecular flexibility index (Phi) is 8.48. The lowest BCUT2D eigenvalue weighted by atomic mass is 9.49. The van der Waals surface area contributed by atoms with Crippen LogP contribution in [0.25, 0.3) is 0 Å². The molecule has 1 fully saturated rings. The van der Waals surface area contributed by atoms with E-state index in [9.17, 15) is 14.3 Å². The third kappa shape index (κ3) is 4.71. The molecule has 2 unspecified atom stereocenters. The maximum Gasteiger partial charge on any atom is 0.402 e. The van der Waals surface area contributed by atoms with Crippen molar-refractivity contribution in [1.29, 1.82) is 0 Å². The van der Waals surface area contributed by atoms with Crippen LogP contribution >= 0.6 is 50.7 Å². The average molecular weight is 672 g/mol. The number of aliphatic carboxylic acids is 1. The molecule has 0 saturated heterocycles. The number of nitrogens with zero attached hydrogens (tertiary/aromatic N) is 1. The number of aliphatic imine (C=N–C) groups is 1. The molecule has 0 aromatic heterocycles. The summed E-state index contributed by atoms with van der Waals surface area (Å²) in [6.45, 7) is 5.27. The van der Waals surface area contributed by atoms with Gasteiger partial charge in [-0.15, -0.1) is 0 Å². The summed E-state index contributed by atoms with van der Waals surface area (Å²) >= 11 is 21.8. The Morgan fingerprint density at radius 2 is 1.74 bits per heavy atom. The van der Waals surface area contributed by atoms with Crippen LogP contribution in [0.15, 0.2) is 39.8 Å². The third-order valence-electron chi connectivity index (χ3n) is 8.43. The Balaban J connectivity index is 2.21. The smallest absolute Gasteiger partial charge is 0.402 e. The molecule has 4 rings (SSSR count). The van der Waals surface area contributed by atoms with Crippen LogP contribution in [0.3, 0.4) is 0 Å². The van der Waals surface area contributed by atoms with Crippen molar-refractivity contribution in [1.82, 2.24) is 0 Å². The first-order chi connectivity index (χ1) is 18.1. The molecule has 39 heavy (non-hydrogen) atoms. The van der Waals surface area contributed by atoms with Gasteiger partial charge in [0.25, 0.3) is 0 Å². The van der Waals surface area contributed by atoms with Gasteiger partial charge in [-0.1, -0.05) is 74.5 Å². The number of benzene rings is 2. The van der Waals surface area contributed by atoms with Gasteiger partial charge in [0.1, 0.15) is 17.2 Å². The van der Waals surface area contributed by atoms with E-state index < -0.39 is 52.2 Å². The van der Waals surface area contributed by atoms with E-state index in [1.54, 1.807) is 13.8 Å². The predicted octanol–water partition coefficient (Wildman–Crippen LogP) is 9.77. The number of rotatable bonds is 5. The number of carboxylic acids is 1. The summed E-state index contributed by atoms with van der Waals surface area (Å²) in [4.78, 5) is 18.0. The lowest BCUT2D eigenvalue weighted by Gasteiger charge is -2.55. The first-order valence-corrected chi connectivity index (χ1v) is 14.5. The Morgan fingerprint density at radius 1 is 1.13 bits per heavy atom. The lowest BCUT2D eigenvalue weighted by Crippen LogP contribution is -2.67. The molecule has 2 aromatic rings. The number of carbonyl (C=O) groups is 1. The SMILES string of the molecule is CC1CCCC([C@]2(C(C)C)N=C(c3ccc(F)c(Br)c3)[C@H](C(=O)O)[C@@]2(c2cc(Cl)c(Cl)c(Cl)c2)C(F)(F)F)C1. The lowest BCUT2D eigenvalue weighted by molar-refractivity contribution is -0.232.